The molecule has 0 radical (unpaired) electrons. The van der Waals surface area contributed by atoms with Gasteiger partial charge >= 0.3 is 0 Å². The zero-order chi connectivity index (χ0) is 27.4. The van der Waals surface area contributed by atoms with E-state index >= 15 is 0 Å². The van der Waals surface area contributed by atoms with E-state index in [0.717, 1.165) is 34.3 Å². The van der Waals surface area contributed by atoms with Gasteiger partial charge in [0.1, 0.15) is 11.8 Å². The lowest BCUT2D eigenvalue weighted by Crippen LogP contribution is -2.14. The lowest BCUT2D eigenvalue weighted by atomic mass is 10.0. The first-order valence-corrected chi connectivity index (χ1v) is 13.3. The molecular formula is C30H29ClN8. The zero-order valence-electron chi connectivity index (χ0n) is 22.0. The Morgan fingerprint density at radius 2 is 1.82 bits per heavy atom. The average Bonchev–Trinajstić information content (AvgIpc) is 3.46. The number of nitrogens with one attached hydrogen (secondary N) is 2. The third kappa shape index (κ3) is 5.54. The summed E-state index contributed by atoms with van der Waals surface area (Å²) in [6, 6.07) is 20.1. The maximum atomic E-state index is 9.96. The molecule has 0 aliphatic rings. The third-order valence-electron chi connectivity index (χ3n) is 6.66. The lowest BCUT2D eigenvalue weighted by Gasteiger charge is -2.22. The van der Waals surface area contributed by atoms with Crippen molar-refractivity contribution in [3.8, 4) is 6.07 Å². The van der Waals surface area contributed by atoms with Crippen molar-refractivity contribution in [3.63, 3.8) is 0 Å². The molecule has 0 fully saturated rings. The largest absolute Gasteiger partial charge is 0.377 e. The maximum Gasteiger partial charge on any atom is 0.110 e. The Morgan fingerprint density at radius 3 is 2.49 bits per heavy atom. The van der Waals surface area contributed by atoms with Gasteiger partial charge in [0.25, 0.3) is 0 Å². The predicted octanol–water partition coefficient (Wildman–Crippen LogP) is 7.09. The van der Waals surface area contributed by atoms with Crippen molar-refractivity contribution >= 4 is 33.9 Å². The number of pyridine rings is 2. The summed E-state index contributed by atoms with van der Waals surface area (Å²) in [5, 5.41) is 27.1. The summed E-state index contributed by atoms with van der Waals surface area (Å²) in [5.74, 6) is 0. The van der Waals surface area contributed by atoms with Crippen molar-refractivity contribution in [2.75, 3.05) is 10.6 Å². The summed E-state index contributed by atoms with van der Waals surface area (Å²) in [6.07, 6.45) is 7.89. The summed E-state index contributed by atoms with van der Waals surface area (Å²) in [6.45, 7) is 6.23. The van der Waals surface area contributed by atoms with Gasteiger partial charge < -0.3 is 10.6 Å². The van der Waals surface area contributed by atoms with Gasteiger partial charge in [-0.3, -0.25) is 9.97 Å². The Labute approximate surface area is 232 Å². The fraction of sp³-hybridized carbons (Fsp3) is 0.233. The van der Waals surface area contributed by atoms with Crippen molar-refractivity contribution < 1.29 is 0 Å². The van der Waals surface area contributed by atoms with Gasteiger partial charge in [0.05, 0.1) is 40.1 Å². The van der Waals surface area contributed by atoms with Crippen molar-refractivity contribution in [1.29, 1.82) is 5.26 Å². The molecule has 0 aliphatic heterocycles. The fourth-order valence-electron chi connectivity index (χ4n) is 4.58. The standard InChI is InChI=1S/C30H29ClN8/c1-4-26(20-9-6-5-7-10-20)36-28-22(15-32)17-34-30-24(28)13-23(14-25(30)31)35-29(21-11-8-12-33-16-21)27-18-39(19(2)3)38-37-27/h5-14,16-19,26,29,35H,4H2,1-3H3,(H,34,36)/t26-,29+/m1/s1. The van der Waals surface area contributed by atoms with Gasteiger partial charge in [-0.05, 0) is 49.6 Å². The monoisotopic (exact) mass is 536 g/mol. The number of aromatic nitrogens is 5. The van der Waals surface area contributed by atoms with E-state index in [4.69, 9.17) is 11.6 Å². The van der Waals surface area contributed by atoms with Crippen LogP contribution in [0.2, 0.25) is 5.02 Å². The maximum absolute atomic E-state index is 9.96. The van der Waals surface area contributed by atoms with Crippen LogP contribution in [0.15, 0.2) is 79.4 Å². The van der Waals surface area contributed by atoms with Gasteiger partial charge in [-0.2, -0.15) is 5.26 Å². The first kappa shape index (κ1) is 26.1. The number of nitriles is 1. The van der Waals surface area contributed by atoms with E-state index < -0.39 is 0 Å². The molecule has 9 heteroatoms. The highest BCUT2D eigenvalue weighted by atomic mass is 35.5. The van der Waals surface area contributed by atoms with Crippen LogP contribution in [0.3, 0.4) is 0 Å². The number of fused-ring (bicyclic) bond motifs is 1. The summed E-state index contributed by atoms with van der Waals surface area (Å²) in [5.41, 5.74) is 5.36. The van der Waals surface area contributed by atoms with Gasteiger partial charge in [0.2, 0.25) is 0 Å². The third-order valence-corrected chi connectivity index (χ3v) is 6.94. The van der Waals surface area contributed by atoms with Crippen LogP contribution >= 0.6 is 11.6 Å². The molecule has 8 nitrogen and oxygen atoms in total. The minimum atomic E-state index is -0.323. The van der Waals surface area contributed by atoms with E-state index in [2.05, 4.69) is 69.9 Å². The molecule has 0 saturated heterocycles. The van der Waals surface area contributed by atoms with Crippen LogP contribution in [0, 0.1) is 11.3 Å². The van der Waals surface area contributed by atoms with Gasteiger partial charge in [-0.25, -0.2) is 4.68 Å². The Bertz CT molecular complexity index is 1610. The first-order valence-electron chi connectivity index (χ1n) is 12.9. The smallest absolute Gasteiger partial charge is 0.110 e. The Balaban J connectivity index is 1.59. The highest BCUT2D eigenvalue weighted by Gasteiger charge is 2.21. The van der Waals surface area contributed by atoms with E-state index in [9.17, 15) is 5.26 Å². The predicted molar refractivity (Wildman–Crippen MR) is 155 cm³/mol. The van der Waals surface area contributed by atoms with Crippen LogP contribution in [-0.2, 0) is 0 Å². The Hall–Kier alpha value is -4.48. The molecule has 2 aromatic carbocycles. The Morgan fingerprint density at radius 1 is 1.03 bits per heavy atom. The molecule has 5 aromatic rings. The average molecular weight is 537 g/mol. The quantitative estimate of drug-likeness (QED) is 0.207. The molecule has 39 heavy (non-hydrogen) atoms. The zero-order valence-corrected chi connectivity index (χ0v) is 22.8. The summed E-state index contributed by atoms with van der Waals surface area (Å²) < 4.78 is 1.83. The number of nitrogens with zero attached hydrogens (tertiary/aromatic N) is 6. The van der Waals surface area contributed by atoms with E-state index in [0.29, 0.717) is 21.8 Å². The van der Waals surface area contributed by atoms with Crippen molar-refractivity contribution in [2.45, 2.75) is 45.3 Å². The van der Waals surface area contributed by atoms with Crippen molar-refractivity contribution in [2.24, 2.45) is 0 Å². The van der Waals surface area contributed by atoms with Crippen LogP contribution in [0.5, 0.6) is 0 Å². The van der Waals surface area contributed by atoms with Crippen LogP contribution in [-0.4, -0.2) is 25.0 Å². The van der Waals surface area contributed by atoms with Gasteiger partial charge in [-0.15, -0.1) is 5.10 Å². The van der Waals surface area contributed by atoms with E-state index in [1.54, 1.807) is 12.4 Å². The molecule has 3 heterocycles. The number of rotatable bonds is 9. The van der Waals surface area contributed by atoms with Gasteiger partial charge in [-0.1, -0.05) is 60.1 Å². The van der Waals surface area contributed by atoms with Crippen LogP contribution in [0.1, 0.15) is 67.7 Å². The number of halogens is 1. The van der Waals surface area contributed by atoms with Crippen LogP contribution in [0.25, 0.3) is 10.9 Å². The molecule has 0 amide bonds. The molecule has 5 rings (SSSR count). The molecule has 2 atom stereocenters. The molecule has 0 unspecified atom stereocenters. The van der Waals surface area contributed by atoms with Crippen LogP contribution < -0.4 is 10.6 Å². The normalized spacial score (nSPS) is 12.7. The molecular weight excluding hydrogens is 508 g/mol. The number of anilines is 2. The second-order valence-electron chi connectivity index (χ2n) is 9.61. The van der Waals surface area contributed by atoms with Crippen molar-refractivity contribution in [3.05, 3.63) is 107 Å². The lowest BCUT2D eigenvalue weighted by molar-refractivity contribution is 0.514. The van der Waals surface area contributed by atoms with E-state index in [-0.39, 0.29) is 18.1 Å². The topological polar surface area (TPSA) is 104 Å². The SMILES string of the molecule is CC[C@@H](Nc1c(C#N)cnc2c(Cl)cc(N[C@@H](c3cccnc3)c3cn(C(C)C)nn3)cc12)c1ccccc1. The second-order valence-corrected chi connectivity index (χ2v) is 10.0. The Kier molecular flexibility index (Phi) is 7.71. The molecule has 0 bridgehead atoms. The van der Waals surface area contributed by atoms with Gasteiger partial charge in [0.15, 0.2) is 0 Å². The van der Waals surface area contributed by atoms with Crippen molar-refractivity contribution in [1.82, 2.24) is 25.0 Å². The number of hydrogen-bond donors (Lipinski definition) is 2. The first-order chi connectivity index (χ1) is 19.0. The minimum absolute atomic E-state index is 0.00787. The molecule has 0 spiro atoms. The highest BCUT2D eigenvalue weighted by Crippen LogP contribution is 2.37. The number of hydrogen-bond acceptors (Lipinski definition) is 7. The van der Waals surface area contributed by atoms with E-state index in [1.807, 2.05) is 59.5 Å². The minimum Gasteiger partial charge on any atom is -0.377 e. The summed E-state index contributed by atoms with van der Waals surface area (Å²) >= 11 is 6.78. The molecule has 0 saturated carbocycles. The van der Waals surface area contributed by atoms with Crippen LogP contribution in [0.4, 0.5) is 11.4 Å². The molecule has 2 N–H and O–H groups in total. The van der Waals surface area contributed by atoms with Gasteiger partial charge in [0, 0.05) is 35.7 Å². The highest BCUT2D eigenvalue weighted by molar-refractivity contribution is 6.35. The summed E-state index contributed by atoms with van der Waals surface area (Å²) in [4.78, 5) is 8.83. The number of benzene rings is 2. The fourth-order valence-corrected chi connectivity index (χ4v) is 4.85. The molecule has 0 aliphatic carbocycles. The molecule has 196 valence electrons. The second kappa shape index (κ2) is 11.5. The molecule has 3 aromatic heterocycles. The summed E-state index contributed by atoms with van der Waals surface area (Å²) in [7, 11) is 0. The van der Waals surface area contributed by atoms with E-state index in [1.165, 1.54) is 0 Å².